The third-order valence-electron chi connectivity index (χ3n) is 2.43. The van der Waals surface area contributed by atoms with Crippen molar-refractivity contribution in [2.45, 2.75) is 13.2 Å². The van der Waals surface area contributed by atoms with E-state index in [-0.39, 0.29) is 0 Å². The van der Waals surface area contributed by atoms with Crippen molar-refractivity contribution in [2.75, 3.05) is 0 Å². The van der Waals surface area contributed by atoms with Crippen molar-refractivity contribution < 1.29 is 4.74 Å². The predicted octanol–water partition coefficient (Wildman–Crippen LogP) is 4.82. The second-order valence-corrected chi connectivity index (χ2v) is 4.94. The smallest absolute Gasteiger partial charge is 0.0735 e. The Hall–Kier alpha value is -0.830. The van der Waals surface area contributed by atoms with Crippen LogP contribution in [0, 0.1) is 0 Å². The van der Waals surface area contributed by atoms with E-state index in [2.05, 4.69) is 15.9 Å². The lowest BCUT2D eigenvalue weighted by atomic mass is 10.2. The van der Waals surface area contributed by atoms with Gasteiger partial charge in [0.25, 0.3) is 0 Å². The molecule has 0 aliphatic rings. The highest BCUT2D eigenvalue weighted by molar-refractivity contribution is 9.10. The molecule has 0 unspecified atom stereocenters. The Morgan fingerprint density at radius 1 is 0.882 bits per heavy atom. The summed E-state index contributed by atoms with van der Waals surface area (Å²) in [5.41, 5.74) is 2.15. The van der Waals surface area contributed by atoms with Crippen molar-refractivity contribution in [3.63, 3.8) is 0 Å². The van der Waals surface area contributed by atoms with Crippen molar-refractivity contribution in [1.82, 2.24) is 0 Å². The second-order valence-electron chi connectivity index (χ2n) is 3.68. The van der Waals surface area contributed by atoms with E-state index < -0.39 is 0 Å². The molecule has 0 aromatic heterocycles. The van der Waals surface area contributed by atoms with Crippen LogP contribution in [0.2, 0.25) is 5.02 Å². The second kappa shape index (κ2) is 6.20. The zero-order valence-corrected chi connectivity index (χ0v) is 11.5. The first kappa shape index (κ1) is 12.6. The van der Waals surface area contributed by atoms with Gasteiger partial charge < -0.3 is 4.74 Å². The Kier molecular flexibility index (Phi) is 4.60. The van der Waals surface area contributed by atoms with E-state index in [1.54, 1.807) is 0 Å². The molecule has 0 bridgehead atoms. The molecule has 88 valence electrons. The molecule has 0 aliphatic heterocycles. The Morgan fingerprint density at radius 2 is 1.47 bits per heavy atom. The fourth-order valence-corrected chi connectivity index (χ4v) is 2.09. The maximum Gasteiger partial charge on any atom is 0.0735 e. The Balaban J connectivity index is 1.93. The summed E-state index contributed by atoms with van der Waals surface area (Å²) < 4.78 is 6.72. The van der Waals surface area contributed by atoms with Gasteiger partial charge in [-0.2, -0.15) is 0 Å². The summed E-state index contributed by atoms with van der Waals surface area (Å²) in [6.07, 6.45) is 0. The first-order valence-electron chi connectivity index (χ1n) is 5.32. The van der Waals surface area contributed by atoms with Gasteiger partial charge in [-0.25, -0.2) is 0 Å². The first-order chi connectivity index (χ1) is 8.27. The molecule has 0 fully saturated rings. The molecule has 0 amide bonds. The van der Waals surface area contributed by atoms with Crippen LogP contribution in [-0.2, 0) is 18.0 Å². The lowest BCUT2D eigenvalue weighted by Crippen LogP contribution is -1.95. The highest BCUT2D eigenvalue weighted by atomic mass is 79.9. The van der Waals surface area contributed by atoms with E-state index in [0.29, 0.717) is 13.2 Å². The molecule has 0 saturated heterocycles. The normalized spacial score (nSPS) is 10.5. The number of hydrogen-bond donors (Lipinski definition) is 0. The van der Waals surface area contributed by atoms with E-state index in [0.717, 1.165) is 20.6 Å². The van der Waals surface area contributed by atoms with Crippen molar-refractivity contribution in [3.8, 4) is 0 Å². The third-order valence-corrected chi connectivity index (χ3v) is 3.57. The lowest BCUT2D eigenvalue weighted by molar-refractivity contribution is 0.107. The molecule has 0 atom stereocenters. The fraction of sp³-hybridized carbons (Fsp3) is 0.143. The van der Waals surface area contributed by atoms with Gasteiger partial charge in [0, 0.05) is 9.50 Å². The van der Waals surface area contributed by atoms with Crippen LogP contribution in [0.1, 0.15) is 11.1 Å². The molecule has 1 nitrogen and oxygen atoms in total. The SMILES string of the molecule is Clc1ccccc1COCc1ccccc1Br. The maximum atomic E-state index is 6.05. The minimum Gasteiger partial charge on any atom is -0.372 e. The minimum atomic E-state index is 0.529. The largest absolute Gasteiger partial charge is 0.372 e. The Morgan fingerprint density at radius 3 is 2.18 bits per heavy atom. The Labute approximate surface area is 115 Å². The molecular weight excluding hydrogens is 300 g/mol. The van der Waals surface area contributed by atoms with Gasteiger partial charge in [-0.3, -0.25) is 0 Å². The average Bonchev–Trinajstić information content (AvgIpc) is 2.34. The molecular formula is C14H12BrClO. The van der Waals surface area contributed by atoms with Crippen LogP contribution in [0.25, 0.3) is 0 Å². The maximum absolute atomic E-state index is 6.05. The van der Waals surface area contributed by atoms with Crippen molar-refractivity contribution in [1.29, 1.82) is 0 Å². The number of benzene rings is 2. The summed E-state index contributed by atoms with van der Waals surface area (Å²) in [6.45, 7) is 1.10. The molecule has 0 aliphatic carbocycles. The first-order valence-corrected chi connectivity index (χ1v) is 6.49. The topological polar surface area (TPSA) is 9.23 Å². The highest BCUT2D eigenvalue weighted by Gasteiger charge is 2.01. The standard InChI is InChI=1S/C14H12BrClO/c15-13-7-3-1-5-11(13)9-17-10-12-6-2-4-8-14(12)16/h1-8H,9-10H2. The lowest BCUT2D eigenvalue weighted by Gasteiger charge is -2.07. The van der Waals surface area contributed by atoms with Crippen LogP contribution in [0.15, 0.2) is 53.0 Å². The van der Waals surface area contributed by atoms with Crippen LogP contribution in [0.5, 0.6) is 0 Å². The zero-order valence-electron chi connectivity index (χ0n) is 9.20. The zero-order chi connectivity index (χ0) is 12.1. The summed E-state index contributed by atoms with van der Waals surface area (Å²) in [5.74, 6) is 0. The van der Waals surface area contributed by atoms with E-state index in [1.165, 1.54) is 0 Å². The summed E-state index contributed by atoms with van der Waals surface area (Å²) in [5, 5.41) is 0.750. The van der Waals surface area contributed by atoms with Gasteiger partial charge in [-0.1, -0.05) is 63.9 Å². The number of hydrogen-bond acceptors (Lipinski definition) is 1. The van der Waals surface area contributed by atoms with Crippen molar-refractivity contribution in [2.24, 2.45) is 0 Å². The molecule has 2 aromatic rings. The van der Waals surface area contributed by atoms with Gasteiger partial charge in [-0.05, 0) is 23.3 Å². The van der Waals surface area contributed by atoms with E-state index in [1.807, 2.05) is 48.5 Å². The molecule has 17 heavy (non-hydrogen) atoms. The molecule has 0 spiro atoms. The molecule has 0 N–H and O–H groups in total. The quantitative estimate of drug-likeness (QED) is 0.786. The van der Waals surface area contributed by atoms with Crippen LogP contribution in [0.3, 0.4) is 0 Å². The van der Waals surface area contributed by atoms with Crippen LogP contribution in [-0.4, -0.2) is 0 Å². The number of ether oxygens (including phenoxy) is 1. The summed E-state index contributed by atoms with van der Waals surface area (Å²) in [7, 11) is 0. The summed E-state index contributed by atoms with van der Waals surface area (Å²) in [6, 6.07) is 15.8. The highest BCUT2D eigenvalue weighted by Crippen LogP contribution is 2.19. The molecule has 2 rings (SSSR count). The van der Waals surface area contributed by atoms with Gasteiger partial charge in [0.1, 0.15) is 0 Å². The fourth-order valence-electron chi connectivity index (χ4n) is 1.50. The monoisotopic (exact) mass is 310 g/mol. The third kappa shape index (κ3) is 3.56. The van der Waals surface area contributed by atoms with Gasteiger partial charge >= 0.3 is 0 Å². The summed E-state index contributed by atoms with van der Waals surface area (Å²) in [4.78, 5) is 0. The van der Waals surface area contributed by atoms with Crippen molar-refractivity contribution >= 4 is 27.5 Å². The average molecular weight is 312 g/mol. The van der Waals surface area contributed by atoms with Crippen LogP contribution in [0.4, 0.5) is 0 Å². The number of halogens is 2. The van der Waals surface area contributed by atoms with E-state index in [4.69, 9.17) is 16.3 Å². The summed E-state index contributed by atoms with van der Waals surface area (Å²) >= 11 is 9.54. The molecule has 3 heteroatoms. The van der Waals surface area contributed by atoms with Crippen LogP contribution >= 0.6 is 27.5 Å². The van der Waals surface area contributed by atoms with E-state index >= 15 is 0 Å². The number of rotatable bonds is 4. The van der Waals surface area contributed by atoms with Gasteiger partial charge in [0.15, 0.2) is 0 Å². The van der Waals surface area contributed by atoms with Crippen molar-refractivity contribution in [3.05, 3.63) is 69.2 Å². The molecule has 2 aromatic carbocycles. The molecule has 0 radical (unpaired) electrons. The Bertz CT molecular complexity index is 454. The minimum absolute atomic E-state index is 0.529. The van der Waals surface area contributed by atoms with Gasteiger partial charge in [0.05, 0.1) is 13.2 Å². The van der Waals surface area contributed by atoms with E-state index in [9.17, 15) is 0 Å². The predicted molar refractivity (Wildman–Crippen MR) is 74.1 cm³/mol. The van der Waals surface area contributed by atoms with Gasteiger partial charge in [-0.15, -0.1) is 0 Å². The molecule has 0 heterocycles. The van der Waals surface area contributed by atoms with Crippen LogP contribution < -0.4 is 0 Å². The molecule has 0 saturated carbocycles. The van der Waals surface area contributed by atoms with Gasteiger partial charge in [0.2, 0.25) is 0 Å².